The molecule has 4 N–H and O–H groups in total. The quantitative estimate of drug-likeness (QED) is 0.347. The Kier molecular flexibility index (Phi) is 7.79. The Morgan fingerprint density at radius 3 is 2.62 bits per heavy atom. The summed E-state index contributed by atoms with van der Waals surface area (Å²) < 4.78 is 22.8. The second-order valence-corrected chi connectivity index (χ2v) is 9.53. The maximum absolute atomic E-state index is 15.5. The average Bonchev–Trinajstić information content (AvgIpc) is 2.86. The second kappa shape index (κ2) is 10.9. The van der Waals surface area contributed by atoms with Crippen LogP contribution in [0.4, 0.5) is 10.1 Å². The molecule has 2 aliphatic heterocycles. The van der Waals surface area contributed by atoms with Crippen LogP contribution in [0.2, 0.25) is 0 Å². The lowest BCUT2D eigenvalue weighted by atomic mass is 9.93. The van der Waals surface area contributed by atoms with Gasteiger partial charge in [0.15, 0.2) is 0 Å². The Bertz CT molecular complexity index is 1290. The van der Waals surface area contributed by atoms with Crippen molar-refractivity contribution in [2.45, 2.75) is 64.1 Å². The third-order valence-corrected chi connectivity index (χ3v) is 6.95. The number of aromatic carboxylic acids is 1. The molecular formula is C25H31FN4O7. The number of aryl methyl sites for hydroxylation is 1. The highest BCUT2D eigenvalue weighted by Crippen LogP contribution is 2.39. The number of carbonyl (C=O) groups excluding carboxylic acids is 2. The second-order valence-electron chi connectivity index (χ2n) is 9.53. The zero-order valence-corrected chi connectivity index (χ0v) is 20.8. The molecule has 0 radical (unpaired) electrons. The summed E-state index contributed by atoms with van der Waals surface area (Å²) in [6.45, 7) is 4.44. The molecule has 4 rings (SSSR count). The van der Waals surface area contributed by atoms with Crippen LogP contribution in [0.5, 0.6) is 0 Å². The molecule has 12 heteroatoms. The number of carbonyl (C=O) groups is 3. The molecule has 0 aliphatic carbocycles. The first-order chi connectivity index (χ1) is 17.6. The van der Waals surface area contributed by atoms with Gasteiger partial charge >= 0.3 is 17.9 Å². The van der Waals surface area contributed by atoms with Crippen LogP contribution in [0.1, 0.15) is 61.5 Å². The molecule has 0 amide bonds. The van der Waals surface area contributed by atoms with E-state index >= 15 is 4.39 Å². The largest absolute Gasteiger partial charge is 0.477 e. The molecule has 11 nitrogen and oxygen atoms in total. The molecule has 1 fully saturated rings. The number of nitrogens with zero attached hydrogens (tertiary/aromatic N) is 2. The molecule has 0 unspecified atom stereocenters. The van der Waals surface area contributed by atoms with Gasteiger partial charge in [-0.05, 0) is 32.8 Å². The number of anilines is 1. The number of nitrogens with two attached hydrogens (primary N) is 1. The van der Waals surface area contributed by atoms with Gasteiger partial charge in [0.1, 0.15) is 23.5 Å². The van der Waals surface area contributed by atoms with Crippen molar-refractivity contribution in [3.8, 4) is 0 Å². The van der Waals surface area contributed by atoms with Crippen LogP contribution in [0, 0.1) is 5.82 Å². The van der Waals surface area contributed by atoms with Gasteiger partial charge in [-0.3, -0.25) is 14.4 Å². The number of aromatic nitrogens is 1. The van der Waals surface area contributed by atoms with E-state index in [2.05, 4.69) is 5.48 Å². The molecule has 200 valence electrons. The zero-order valence-electron chi connectivity index (χ0n) is 20.8. The number of halogens is 1. The van der Waals surface area contributed by atoms with Crippen molar-refractivity contribution in [3.63, 3.8) is 0 Å². The number of esters is 1. The topological polar surface area (TPSA) is 153 Å². The summed E-state index contributed by atoms with van der Waals surface area (Å²) in [6, 6.07) is 0.238. The van der Waals surface area contributed by atoms with Crippen molar-refractivity contribution in [2.24, 2.45) is 5.73 Å². The van der Waals surface area contributed by atoms with Crippen molar-refractivity contribution in [2.75, 3.05) is 24.5 Å². The molecule has 0 saturated carbocycles. The summed E-state index contributed by atoms with van der Waals surface area (Å²) in [6.07, 6.45) is 3.15. The Labute approximate surface area is 212 Å². The van der Waals surface area contributed by atoms with E-state index < -0.39 is 35.2 Å². The number of benzene rings is 1. The lowest BCUT2D eigenvalue weighted by molar-refractivity contribution is -0.162. The van der Waals surface area contributed by atoms with Crippen LogP contribution in [0.3, 0.4) is 0 Å². The number of pyridine rings is 1. The van der Waals surface area contributed by atoms with Crippen molar-refractivity contribution in [1.82, 2.24) is 10.0 Å². The molecule has 0 spiro atoms. The van der Waals surface area contributed by atoms with Crippen molar-refractivity contribution >= 4 is 34.5 Å². The van der Waals surface area contributed by atoms with Gasteiger partial charge in [0.25, 0.3) is 0 Å². The lowest BCUT2D eigenvalue weighted by Gasteiger charge is -2.37. The average molecular weight is 519 g/mol. The minimum Gasteiger partial charge on any atom is -0.477 e. The summed E-state index contributed by atoms with van der Waals surface area (Å²) in [5, 5.41) is 9.53. The van der Waals surface area contributed by atoms with Crippen LogP contribution in [0.25, 0.3) is 10.9 Å². The third kappa shape index (κ3) is 5.30. The molecule has 0 bridgehead atoms. The first kappa shape index (κ1) is 26.6. The first-order valence-corrected chi connectivity index (χ1v) is 12.4. The molecule has 2 atom stereocenters. The smallest absolute Gasteiger partial charge is 0.341 e. The lowest BCUT2D eigenvalue weighted by Crippen LogP contribution is -2.43. The molecular weight excluding hydrogens is 487 g/mol. The van der Waals surface area contributed by atoms with Gasteiger partial charge in [0, 0.05) is 55.7 Å². The van der Waals surface area contributed by atoms with Crippen LogP contribution in [-0.4, -0.2) is 59.4 Å². The van der Waals surface area contributed by atoms with Gasteiger partial charge in [-0.15, -0.1) is 5.48 Å². The molecule has 37 heavy (non-hydrogen) atoms. The molecule has 1 aromatic heterocycles. The number of ether oxygens (including phenoxy) is 1. The van der Waals surface area contributed by atoms with Gasteiger partial charge in [-0.2, -0.15) is 0 Å². The minimum atomic E-state index is -1.34. The number of rotatable bonds is 8. The number of hydrogen-bond acceptors (Lipinski definition) is 9. The molecule has 2 aromatic rings. The van der Waals surface area contributed by atoms with E-state index in [4.69, 9.17) is 15.3 Å². The van der Waals surface area contributed by atoms with E-state index in [0.29, 0.717) is 55.5 Å². The predicted molar refractivity (Wildman–Crippen MR) is 132 cm³/mol. The monoisotopic (exact) mass is 518 g/mol. The van der Waals surface area contributed by atoms with Crippen LogP contribution in [0.15, 0.2) is 17.1 Å². The van der Waals surface area contributed by atoms with E-state index in [1.807, 2.05) is 11.8 Å². The number of carboxylic acids is 1. The van der Waals surface area contributed by atoms with Crippen LogP contribution in [-0.2, 0) is 25.6 Å². The molecule has 3 heterocycles. The standard InChI is InChI=1S/C25H31FN4O7/c1-13-3-4-16-21-17(23(32)18(24(33)34)12-30(13)21)11-19(26)22(16)29-9-6-15(7-10-29)36-25(35)14(2)28-37-20(31)5-8-27/h11-15,28H,3-10,27H2,1-2H3,(H,33,34)/t13-,14+/m0/s1. The molecule has 1 saturated heterocycles. The molecule has 2 aliphatic rings. The van der Waals surface area contributed by atoms with E-state index in [9.17, 15) is 24.3 Å². The number of hydrogen-bond donors (Lipinski definition) is 3. The third-order valence-electron chi connectivity index (χ3n) is 6.95. The van der Waals surface area contributed by atoms with Crippen molar-refractivity contribution in [1.29, 1.82) is 0 Å². The summed E-state index contributed by atoms with van der Waals surface area (Å²) in [5.41, 5.74) is 8.24. The van der Waals surface area contributed by atoms with E-state index in [1.54, 1.807) is 4.57 Å². The molecule has 1 aromatic carbocycles. The van der Waals surface area contributed by atoms with Gasteiger partial charge < -0.3 is 29.9 Å². The van der Waals surface area contributed by atoms with Gasteiger partial charge in [-0.1, -0.05) is 0 Å². The Morgan fingerprint density at radius 2 is 1.97 bits per heavy atom. The number of nitrogens with one attached hydrogen (secondary N) is 1. The maximum atomic E-state index is 15.5. The fraction of sp³-hybridized carbons (Fsp3) is 0.520. The van der Waals surface area contributed by atoms with Crippen molar-refractivity contribution in [3.05, 3.63) is 39.4 Å². The number of hydroxylamine groups is 1. The minimum absolute atomic E-state index is 0.0241. The Balaban J connectivity index is 1.50. The highest BCUT2D eigenvalue weighted by Gasteiger charge is 2.31. The van der Waals surface area contributed by atoms with E-state index in [1.165, 1.54) is 13.1 Å². The van der Waals surface area contributed by atoms with Gasteiger partial charge in [-0.25, -0.2) is 9.18 Å². The van der Waals surface area contributed by atoms with Gasteiger partial charge in [0.05, 0.1) is 17.6 Å². The van der Waals surface area contributed by atoms with Crippen LogP contribution >= 0.6 is 0 Å². The fourth-order valence-corrected chi connectivity index (χ4v) is 4.96. The first-order valence-electron chi connectivity index (χ1n) is 12.4. The summed E-state index contributed by atoms with van der Waals surface area (Å²) >= 11 is 0. The number of carboxylic acid groups (broad SMARTS) is 1. The van der Waals surface area contributed by atoms with Crippen molar-refractivity contribution < 1.29 is 33.5 Å². The summed E-state index contributed by atoms with van der Waals surface area (Å²) in [7, 11) is 0. The maximum Gasteiger partial charge on any atom is 0.341 e. The summed E-state index contributed by atoms with van der Waals surface area (Å²) in [5.74, 6) is -3.06. The summed E-state index contributed by atoms with van der Waals surface area (Å²) in [4.78, 5) is 54.9. The Hall–Kier alpha value is -3.51. The van der Waals surface area contributed by atoms with E-state index in [0.717, 1.165) is 6.07 Å². The fourth-order valence-electron chi connectivity index (χ4n) is 4.96. The normalized spacial score (nSPS) is 18.5. The van der Waals surface area contributed by atoms with E-state index in [-0.39, 0.29) is 36.1 Å². The van der Waals surface area contributed by atoms with Crippen LogP contribution < -0.4 is 21.5 Å². The SMILES string of the molecule is C[C@@H](NOC(=O)CCN)C(=O)OC1CCN(c2c(F)cc3c(=O)c(C(=O)O)cn4c3c2CC[C@@H]4C)CC1. The predicted octanol–water partition coefficient (Wildman–Crippen LogP) is 1.64. The highest BCUT2D eigenvalue weighted by molar-refractivity contribution is 5.95. The highest BCUT2D eigenvalue weighted by atomic mass is 19.1. The Morgan fingerprint density at radius 1 is 1.27 bits per heavy atom. The zero-order chi connectivity index (χ0) is 26.9. The number of piperidine rings is 1. The van der Waals surface area contributed by atoms with Gasteiger partial charge in [0.2, 0.25) is 5.43 Å².